The van der Waals surface area contributed by atoms with Crippen LogP contribution in [0.4, 0.5) is 0 Å². The largest absolute Gasteiger partial charge is 0.481 e. The van der Waals surface area contributed by atoms with Gasteiger partial charge in [-0.3, -0.25) is 4.79 Å². The number of hydrogen-bond donors (Lipinski definition) is 2. The Kier molecular flexibility index (Phi) is 24.6. The van der Waals surface area contributed by atoms with Gasteiger partial charge in [-0.25, -0.2) is 0 Å². The summed E-state index contributed by atoms with van der Waals surface area (Å²) in [5, 5.41) is 7.42. The van der Waals surface area contributed by atoms with Crippen LogP contribution in [0.15, 0.2) is 0 Å². The molecule has 0 saturated carbocycles. The number of carboxylic acids is 1. The quantitative estimate of drug-likeness (QED) is 0.524. The molecule has 0 aromatic heterocycles. The van der Waals surface area contributed by atoms with Crippen molar-refractivity contribution >= 4 is 5.97 Å². The third kappa shape index (κ3) is 13300. The van der Waals surface area contributed by atoms with Crippen LogP contribution >= 0.6 is 0 Å². The molecule has 0 spiro atoms. The zero-order valence-corrected chi connectivity index (χ0v) is 5.03. The molecule has 0 fully saturated rings. The van der Waals surface area contributed by atoms with E-state index in [1.54, 1.807) is 0 Å². The summed E-state index contributed by atoms with van der Waals surface area (Å²) >= 11 is 0. The first-order chi connectivity index (χ1) is 1.73. The number of rotatable bonds is 0. The molecule has 3 nitrogen and oxygen atoms in total. The molecule has 0 amide bonds. The van der Waals surface area contributed by atoms with Crippen LogP contribution in [-0.2, 0) is 24.3 Å². The van der Waals surface area contributed by atoms with Crippen molar-refractivity contribution in [1.29, 1.82) is 0 Å². The summed E-state index contributed by atoms with van der Waals surface area (Å²) in [5.74, 6) is -0.833. The van der Waals surface area contributed by atoms with Crippen LogP contribution in [0.1, 0.15) is 6.92 Å². The van der Waals surface area contributed by atoms with Crippen molar-refractivity contribution in [2.45, 2.75) is 6.92 Å². The van der Waals surface area contributed by atoms with Crippen molar-refractivity contribution in [3.8, 4) is 0 Å². The van der Waals surface area contributed by atoms with Crippen molar-refractivity contribution in [3.63, 3.8) is 0 Å². The number of hydrogen-bond acceptors (Lipinski definition) is 2. The fraction of sp³-hybridized carbons (Fsp3) is 0.500. The molecular formula is C2H7NO2Rh. The van der Waals surface area contributed by atoms with E-state index in [2.05, 4.69) is 0 Å². The average molecular weight is 180 g/mol. The van der Waals surface area contributed by atoms with Crippen LogP contribution in [0, 0.1) is 0 Å². The maximum atomic E-state index is 9.00. The van der Waals surface area contributed by atoms with E-state index in [1.165, 1.54) is 0 Å². The smallest absolute Gasteiger partial charge is 0.300 e. The van der Waals surface area contributed by atoms with Crippen LogP contribution in [0.3, 0.4) is 0 Å². The Bertz CT molecular complexity index is 34.5. The summed E-state index contributed by atoms with van der Waals surface area (Å²) < 4.78 is 0. The summed E-state index contributed by atoms with van der Waals surface area (Å²) in [6.45, 7) is 1.08. The van der Waals surface area contributed by atoms with Crippen molar-refractivity contribution in [3.05, 3.63) is 0 Å². The van der Waals surface area contributed by atoms with Crippen molar-refractivity contribution < 1.29 is 29.4 Å². The molecule has 0 aromatic carbocycles. The summed E-state index contributed by atoms with van der Waals surface area (Å²) in [5.41, 5.74) is 0. The molecule has 0 saturated heterocycles. The minimum Gasteiger partial charge on any atom is -0.481 e. The monoisotopic (exact) mass is 180 g/mol. The maximum absolute atomic E-state index is 9.00. The van der Waals surface area contributed by atoms with E-state index in [1.807, 2.05) is 0 Å². The third-order valence-electron chi connectivity index (χ3n) is 0. The number of aliphatic carboxylic acids is 1. The Balaban J connectivity index is -0.0000000450. The molecule has 0 bridgehead atoms. The van der Waals surface area contributed by atoms with Crippen LogP contribution in [-0.4, -0.2) is 11.1 Å². The first-order valence-electron chi connectivity index (χ1n) is 0.928. The van der Waals surface area contributed by atoms with Gasteiger partial charge in [0.1, 0.15) is 0 Å². The minimum absolute atomic E-state index is 0. The fourth-order valence-corrected chi connectivity index (χ4v) is 0. The Hall–Kier alpha value is 0.0534. The first kappa shape index (κ1) is 16.6. The fourth-order valence-electron chi connectivity index (χ4n) is 0. The van der Waals surface area contributed by atoms with Gasteiger partial charge in [0, 0.05) is 26.4 Å². The second kappa shape index (κ2) is 8.91. The average Bonchev–Trinajstić information content (AvgIpc) is 0.811. The van der Waals surface area contributed by atoms with Gasteiger partial charge in [0.2, 0.25) is 0 Å². The van der Waals surface area contributed by atoms with Gasteiger partial charge in [-0.1, -0.05) is 0 Å². The zero-order valence-electron chi connectivity index (χ0n) is 3.40. The van der Waals surface area contributed by atoms with E-state index < -0.39 is 5.97 Å². The van der Waals surface area contributed by atoms with Crippen molar-refractivity contribution in [1.82, 2.24) is 6.15 Å². The van der Waals surface area contributed by atoms with Crippen molar-refractivity contribution in [2.24, 2.45) is 0 Å². The molecule has 0 heterocycles. The third-order valence-corrected chi connectivity index (χ3v) is 0. The van der Waals surface area contributed by atoms with Gasteiger partial charge in [-0.2, -0.15) is 0 Å². The number of carbonyl (C=O) groups is 1. The second-order valence-electron chi connectivity index (χ2n) is 0.519. The van der Waals surface area contributed by atoms with E-state index in [4.69, 9.17) is 9.90 Å². The molecule has 0 aliphatic heterocycles. The van der Waals surface area contributed by atoms with Gasteiger partial charge in [-0.05, 0) is 0 Å². The minimum atomic E-state index is -0.833. The van der Waals surface area contributed by atoms with Crippen LogP contribution < -0.4 is 6.15 Å². The normalized spacial score (nSPS) is 4.17. The van der Waals surface area contributed by atoms with E-state index >= 15 is 0 Å². The molecule has 0 aromatic rings. The molecule has 41 valence electrons. The Labute approximate surface area is 49.1 Å². The molecule has 6 heavy (non-hydrogen) atoms. The molecule has 4 N–H and O–H groups in total. The van der Waals surface area contributed by atoms with E-state index in [9.17, 15) is 0 Å². The zero-order chi connectivity index (χ0) is 3.58. The van der Waals surface area contributed by atoms with Gasteiger partial charge in [0.25, 0.3) is 5.97 Å². The first-order valence-corrected chi connectivity index (χ1v) is 0.928. The Morgan fingerprint density at radius 2 is 1.67 bits per heavy atom. The molecular weight excluding hydrogens is 173 g/mol. The second-order valence-corrected chi connectivity index (χ2v) is 0.519. The van der Waals surface area contributed by atoms with E-state index in [0.29, 0.717) is 0 Å². The predicted octanol–water partition coefficient (Wildman–Crippen LogP) is 0.250. The predicted molar refractivity (Wildman–Crippen MR) is 18.3 cm³/mol. The molecule has 0 unspecified atom stereocenters. The molecule has 4 heteroatoms. The van der Waals surface area contributed by atoms with Crippen molar-refractivity contribution in [2.75, 3.05) is 0 Å². The summed E-state index contributed by atoms with van der Waals surface area (Å²) in [4.78, 5) is 9.00. The standard InChI is InChI=1S/C2H4O2.H3N.Rh/c1-2(3)4;;/h1H3,(H,3,4);1H3;. The molecule has 0 atom stereocenters. The van der Waals surface area contributed by atoms with Crippen LogP contribution in [0.25, 0.3) is 0 Å². The van der Waals surface area contributed by atoms with Gasteiger partial charge in [-0.15, -0.1) is 0 Å². The van der Waals surface area contributed by atoms with Crippen LogP contribution in [0.5, 0.6) is 0 Å². The number of carboxylic acid groups (broad SMARTS) is 1. The summed E-state index contributed by atoms with van der Waals surface area (Å²) in [7, 11) is 0. The maximum Gasteiger partial charge on any atom is 0.300 e. The van der Waals surface area contributed by atoms with Gasteiger partial charge in [0.05, 0.1) is 0 Å². The molecule has 1 radical (unpaired) electrons. The van der Waals surface area contributed by atoms with E-state index in [-0.39, 0.29) is 25.6 Å². The van der Waals surface area contributed by atoms with E-state index in [0.717, 1.165) is 6.92 Å². The van der Waals surface area contributed by atoms with Gasteiger partial charge >= 0.3 is 0 Å². The molecule has 0 rings (SSSR count). The van der Waals surface area contributed by atoms with Gasteiger partial charge in [0.15, 0.2) is 0 Å². The van der Waals surface area contributed by atoms with Gasteiger partial charge < -0.3 is 11.3 Å². The SMILES string of the molecule is CC(=O)O.N.[Rh]. The Morgan fingerprint density at radius 3 is 1.67 bits per heavy atom. The molecule has 0 aliphatic rings. The molecule has 0 aliphatic carbocycles. The van der Waals surface area contributed by atoms with Crippen LogP contribution in [0.2, 0.25) is 0 Å². The Morgan fingerprint density at radius 1 is 1.67 bits per heavy atom. The summed E-state index contributed by atoms with van der Waals surface area (Å²) in [6.07, 6.45) is 0. The topological polar surface area (TPSA) is 72.3 Å². The summed E-state index contributed by atoms with van der Waals surface area (Å²) in [6, 6.07) is 0.